The zero-order valence-corrected chi connectivity index (χ0v) is 8.47. The Hall–Kier alpha value is -0.0800. The summed E-state index contributed by atoms with van der Waals surface area (Å²) in [6.45, 7) is 6.45. The predicted molar refractivity (Wildman–Crippen MR) is 51.2 cm³/mol. The summed E-state index contributed by atoms with van der Waals surface area (Å²) in [6, 6.07) is 0.684. The minimum Gasteiger partial charge on any atom is -0.381 e. The molecule has 0 aromatic heterocycles. The van der Waals surface area contributed by atoms with E-state index in [9.17, 15) is 0 Å². The Balaban J connectivity index is 2.45. The number of ether oxygens (including phenoxy) is 1. The van der Waals surface area contributed by atoms with Crippen LogP contribution in [0.4, 0.5) is 0 Å². The van der Waals surface area contributed by atoms with Crippen molar-refractivity contribution < 1.29 is 4.74 Å². The van der Waals surface area contributed by atoms with Gasteiger partial charge in [0.05, 0.1) is 0 Å². The van der Waals surface area contributed by atoms with E-state index in [-0.39, 0.29) is 0 Å². The van der Waals surface area contributed by atoms with E-state index in [0.29, 0.717) is 6.04 Å². The topological polar surface area (TPSA) is 21.3 Å². The van der Waals surface area contributed by atoms with Crippen LogP contribution in [0.5, 0.6) is 0 Å². The summed E-state index contributed by atoms with van der Waals surface area (Å²) >= 11 is 0. The van der Waals surface area contributed by atoms with Gasteiger partial charge in [0.15, 0.2) is 0 Å². The lowest BCUT2D eigenvalue weighted by molar-refractivity contribution is 0.0114. The lowest BCUT2D eigenvalue weighted by atomic mass is 9.82. The predicted octanol–water partition coefficient (Wildman–Crippen LogP) is 1.66. The van der Waals surface area contributed by atoms with Crippen molar-refractivity contribution >= 4 is 0 Å². The molecule has 1 N–H and O–H groups in total. The van der Waals surface area contributed by atoms with Crippen LogP contribution in [0.3, 0.4) is 0 Å². The second-order valence-electron chi connectivity index (χ2n) is 3.81. The summed E-state index contributed by atoms with van der Waals surface area (Å²) in [5.74, 6) is 1.53. The lowest BCUT2D eigenvalue weighted by Crippen LogP contribution is -2.40. The number of nitrogens with one attached hydrogen (secondary N) is 1. The minimum atomic E-state index is 0.684. The largest absolute Gasteiger partial charge is 0.381 e. The SMILES string of the molecule is CCC(NC)C1CCOCC1C. The fourth-order valence-corrected chi connectivity index (χ4v) is 2.22. The molecule has 3 unspecified atom stereocenters. The highest BCUT2D eigenvalue weighted by Crippen LogP contribution is 2.25. The van der Waals surface area contributed by atoms with Crippen molar-refractivity contribution in [3.05, 3.63) is 0 Å². The van der Waals surface area contributed by atoms with Gasteiger partial charge in [-0.25, -0.2) is 0 Å². The molecule has 0 spiro atoms. The molecule has 0 saturated carbocycles. The average molecular weight is 171 g/mol. The summed E-state index contributed by atoms with van der Waals surface area (Å²) in [6.07, 6.45) is 2.45. The highest BCUT2D eigenvalue weighted by Gasteiger charge is 2.27. The van der Waals surface area contributed by atoms with Crippen molar-refractivity contribution in [2.45, 2.75) is 32.7 Å². The summed E-state index contributed by atoms with van der Waals surface area (Å²) in [7, 11) is 2.07. The Morgan fingerprint density at radius 2 is 2.33 bits per heavy atom. The van der Waals surface area contributed by atoms with Gasteiger partial charge in [0.25, 0.3) is 0 Å². The highest BCUT2D eigenvalue weighted by atomic mass is 16.5. The summed E-state index contributed by atoms with van der Waals surface area (Å²) in [5, 5.41) is 3.40. The zero-order valence-electron chi connectivity index (χ0n) is 8.47. The Morgan fingerprint density at radius 1 is 1.58 bits per heavy atom. The Kier molecular flexibility index (Phi) is 4.02. The maximum atomic E-state index is 5.42. The molecule has 12 heavy (non-hydrogen) atoms. The smallest absolute Gasteiger partial charge is 0.0494 e. The quantitative estimate of drug-likeness (QED) is 0.697. The average Bonchev–Trinajstić information content (AvgIpc) is 2.10. The van der Waals surface area contributed by atoms with E-state index in [0.717, 1.165) is 25.0 Å². The first-order valence-electron chi connectivity index (χ1n) is 5.04. The number of hydrogen-bond donors (Lipinski definition) is 1. The van der Waals surface area contributed by atoms with Crippen molar-refractivity contribution in [3.8, 4) is 0 Å². The Morgan fingerprint density at radius 3 is 2.83 bits per heavy atom. The lowest BCUT2D eigenvalue weighted by Gasteiger charge is -2.34. The molecule has 0 amide bonds. The van der Waals surface area contributed by atoms with Gasteiger partial charge in [-0.15, -0.1) is 0 Å². The molecular weight excluding hydrogens is 150 g/mol. The summed E-state index contributed by atoms with van der Waals surface area (Å²) < 4.78 is 5.42. The van der Waals surface area contributed by atoms with Crippen molar-refractivity contribution in [2.24, 2.45) is 11.8 Å². The Bertz CT molecular complexity index is 123. The van der Waals surface area contributed by atoms with Gasteiger partial charge in [0.1, 0.15) is 0 Å². The summed E-state index contributed by atoms with van der Waals surface area (Å²) in [5.41, 5.74) is 0. The van der Waals surface area contributed by atoms with Gasteiger partial charge in [-0.2, -0.15) is 0 Å². The van der Waals surface area contributed by atoms with Crippen LogP contribution in [0.2, 0.25) is 0 Å². The van der Waals surface area contributed by atoms with E-state index in [4.69, 9.17) is 4.74 Å². The highest BCUT2D eigenvalue weighted by molar-refractivity contribution is 4.80. The molecule has 0 aliphatic carbocycles. The van der Waals surface area contributed by atoms with Gasteiger partial charge in [0, 0.05) is 19.3 Å². The van der Waals surface area contributed by atoms with E-state index in [1.165, 1.54) is 12.8 Å². The van der Waals surface area contributed by atoms with Crippen LogP contribution in [-0.4, -0.2) is 26.3 Å². The third-order valence-electron chi connectivity index (χ3n) is 3.03. The molecule has 3 atom stereocenters. The normalized spacial score (nSPS) is 33.2. The third kappa shape index (κ3) is 2.20. The number of hydrogen-bond acceptors (Lipinski definition) is 2. The molecule has 1 rings (SSSR count). The second kappa shape index (κ2) is 4.83. The monoisotopic (exact) mass is 171 g/mol. The fourth-order valence-electron chi connectivity index (χ4n) is 2.22. The molecule has 0 radical (unpaired) electrons. The van der Waals surface area contributed by atoms with E-state index in [1.54, 1.807) is 0 Å². The van der Waals surface area contributed by atoms with Crippen LogP contribution in [0.1, 0.15) is 26.7 Å². The zero-order chi connectivity index (χ0) is 8.97. The molecular formula is C10H21NO. The van der Waals surface area contributed by atoms with Crippen LogP contribution in [0.25, 0.3) is 0 Å². The van der Waals surface area contributed by atoms with Gasteiger partial charge < -0.3 is 10.1 Å². The van der Waals surface area contributed by atoms with Crippen molar-refractivity contribution in [1.82, 2.24) is 5.32 Å². The van der Waals surface area contributed by atoms with Gasteiger partial charge in [-0.05, 0) is 31.7 Å². The van der Waals surface area contributed by atoms with Crippen molar-refractivity contribution in [3.63, 3.8) is 0 Å². The molecule has 1 heterocycles. The van der Waals surface area contributed by atoms with E-state index >= 15 is 0 Å². The standard InChI is InChI=1S/C10H21NO/c1-4-10(11-3)9-5-6-12-7-8(9)2/h8-11H,4-7H2,1-3H3. The van der Waals surface area contributed by atoms with Gasteiger partial charge >= 0.3 is 0 Å². The van der Waals surface area contributed by atoms with Gasteiger partial charge in [-0.1, -0.05) is 13.8 Å². The van der Waals surface area contributed by atoms with Crippen LogP contribution in [0, 0.1) is 11.8 Å². The third-order valence-corrected chi connectivity index (χ3v) is 3.03. The molecule has 72 valence electrons. The van der Waals surface area contributed by atoms with Gasteiger partial charge in [0.2, 0.25) is 0 Å². The first-order valence-corrected chi connectivity index (χ1v) is 5.04. The summed E-state index contributed by atoms with van der Waals surface area (Å²) in [4.78, 5) is 0. The van der Waals surface area contributed by atoms with E-state index in [1.807, 2.05) is 0 Å². The maximum absolute atomic E-state index is 5.42. The molecule has 2 heteroatoms. The fraction of sp³-hybridized carbons (Fsp3) is 1.00. The molecule has 1 aliphatic heterocycles. The van der Waals surface area contributed by atoms with Crippen LogP contribution >= 0.6 is 0 Å². The van der Waals surface area contributed by atoms with Crippen molar-refractivity contribution in [2.75, 3.05) is 20.3 Å². The van der Waals surface area contributed by atoms with Crippen LogP contribution < -0.4 is 5.32 Å². The van der Waals surface area contributed by atoms with Gasteiger partial charge in [-0.3, -0.25) is 0 Å². The van der Waals surface area contributed by atoms with Crippen LogP contribution in [0.15, 0.2) is 0 Å². The maximum Gasteiger partial charge on any atom is 0.0494 e. The number of rotatable bonds is 3. The molecule has 0 aromatic rings. The molecule has 2 nitrogen and oxygen atoms in total. The Labute approximate surface area is 75.7 Å². The van der Waals surface area contributed by atoms with E-state index in [2.05, 4.69) is 26.2 Å². The first kappa shape index (κ1) is 10.0. The molecule has 0 bridgehead atoms. The molecule has 0 aromatic carbocycles. The second-order valence-corrected chi connectivity index (χ2v) is 3.81. The molecule has 1 saturated heterocycles. The molecule has 1 fully saturated rings. The molecule has 1 aliphatic rings. The minimum absolute atomic E-state index is 0.684. The van der Waals surface area contributed by atoms with Crippen molar-refractivity contribution in [1.29, 1.82) is 0 Å². The van der Waals surface area contributed by atoms with E-state index < -0.39 is 0 Å². The van der Waals surface area contributed by atoms with Crippen LogP contribution in [-0.2, 0) is 4.74 Å². The first-order chi connectivity index (χ1) is 5.79.